The molecule has 0 aliphatic heterocycles. The van der Waals surface area contributed by atoms with Gasteiger partial charge in [-0.25, -0.2) is 0 Å². The van der Waals surface area contributed by atoms with E-state index in [1.165, 1.54) is 42.1 Å². The predicted molar refractivity (Wildman–Crippen MR) is 212 cm³/mol. The average molecular weight is 645 g/mol. The van der Waals surface area contributed by atoms with Crippen molar-refractivity contribution in [2.45, 2.75) is 0 Å². The molecule has 0 atom stereocenters. The fraction of sp³-hybridized carbons (Fsp3) is 0. The molecular formula is C46H32N2S. The van der Waals surface area contributed by atoms with E-state index in [9.17, 15) is 0 Å². The number of para-hydroxylation sites is 4. The second kappa shape index (κ2) is 12.5. The molecule has 0 spiro atoms. The van der Waals surface area contributed by atoms with Gasteiger partial charge in [-0.1, -0.05) is 140 Å². The van der Waals surface area contributed by atoms with Crippen LogP contribution in [-0.4, -0.2) is 0 Å². The first-order valence-electron chi connectivity index (χ1n) is 16.6. The molecule has 0 fully saturated rings. The maximum absolute atomic E-state index is 2.48. The summed E-state index contributed by atoms with van der Waals surface area (Å²) in [6.45, 7) is 0. The van der Waals surface area contributed by atoms with Gasteiger partial charge < -0.3 is 9.80 Å². The second-order valence-corrected chi connectivity index (χ2v) is 13.2. The maximum Gasteiger partial charge on any atom is 0.0883 e. The van der Waals surface area contributed by atoms with Crippen molar-refractivity contribution in [3.8, 4) is 11.1 Å². The molecule has 0 radical (unpaired) electrons. The lowest BCUT2D eigenvalue weighted by Gasteiger charge is -2.34. The summed E-state index contributed by atoms with van der Waals surface area (Å²) in [4.78, 5) is 4.88. The number of hydrogen-bond donors (Lipinski definition) is 0. The van der Waals surface area contributed by atoms with E-state index in [4.69, 9.17) is 0 Å². The molecule has 0 saturated carbocycles. The van der Waals surface area contributed by atoms with Crippen LogP contribution in [0.3, 0.4) is 0 Å². The van der Waals surface area contributed by atoms with E-state index in [1.54, 1.807) is 0 Å². The molecule has 3 heteroatoms. The normalized spacial score (nSPS) is 11.3. The lowest BCUT2D eigenvalue weighted by atomic mass is 10.00. The van der Waals surface area contributed by atoms with E-state index in [2.05, 4.69) is 204 Å². The Morgan fingerprint density at radius 3 is 1.59 bits per heavy atom. The minimum Gasteiger partial charge on any atom is -0.308 e. The average Bonchev–Trinajstić information content (AvgIpc) is 3.57. The molecular weight excluding hydrogens is 613 g/mol. The summed E-state index contributed by atoms with van der Waals surface area (Å²) in [6, 6.07) is 69.8. The summed E-state index contributed by atoms with van der Waals surface area (Å²) in [5, 5.41) is 5.10. The van der Waals surface area contributed by atoms with Crippen molar-refractivity contribution >= 4 is 76.4 Å². The molecule has 49 heavy (non-hydrogen) atoms. The zero-order valence-corrected chi connectivity index (χ0v) is 27.6. The number of anilines is 6. The van der Waals surface area contributed by atoms with Crippen LogP contribution in [0.2, 0.25) is 0 Å². The molecule has 9 rings (SSSR count). The third-order valence-electron chi connectivity index (χ3n) is 9.22. The second-order valence-electron chi connectivity index (χ2n) is 12.1. The van der Waals surface area contributed by atoms with Crippen molar-refractivity contribution in [1.29, 1.82) is 0 Å². The van der Waals surface area contributed by atoms with Gasteiger partial charge in [0.15, 0.2) is 0 Å². The SMILES string of the molecule is c1ccc(-c2ccccc2N(c2ccccc2)c2c(N(c3ccccc3)c3ccccc3)ccc3c2sc2ccc4ccccc4c23)cc1. The number of thiophene rings is 1. The van der Waals surface area contributed by atoms with Crippen LogP contribution in [-0.2, 0) is 0 Å². The van der Waals surface area contributed by atoms with E-state index >= 15 is 0 Å². The molecule has 0 bridgehead atoms. The topological polar surface area (TPSA) is 6.48 Å². The summed E-state index contributed by atoms with van der Waals surface area (Å²) in [6.07, 6.45) is 0. The molecule has 0 N–H and O–H groups in total. The Bertz CT molecular complexity index is 2500. The molecule has 8 aromatic carbocycles. The predicted octanol–water partition coefficient (Wildman–Crippen LogP) is 13.8. The van der Waals surface area contributed by atoms with Gasteiger partial charge >= 0.3 is 0 Å². The van der Waals surface area contributed by atoms with Crippen molar-refractivity contribution in [1.82, 2.24) is 0 Å². The van der Waals surface area contributed by atoms with Crippen molar-refractivity contribution in [3.63, 3.8) is 0 Å². The van der Waals surface area contributed by atoms with Crippen LogP contribution in [0.25, 0.3) is 42.1 Å². The first-order valence-corrected chi connectivity index (χ1v) is 17.4. The Kier molecular flexibility index (Phi) is 7.38. The summed E-state index contributed by atoms with van der Waals surface area (Å²) in [5.41, 5.74) is 9.03. The van der Waals surface area contributed by atoms with Gasteiger partial charge in [-0.3, -0.25) is 0 Å². The molecule has 232 valence electrons. The van der Waals surface area contributed by atoms with Crippen molar-refractivity contribution in [3.05, 3.63) is 194 Å². The Hall–Kier alpha value is -6.16. The molecule has 0 aliphatic carbocycles. The van der Waals surface area contributed by atoms with Crippen LogP contribution in [0.4, 0.5) is 34.1 Å². The first kappa shape index (κ1) is 29.0. The fourth-order valence-corrected chi connectivity index (χ4v) is 8.31. The Morgan fingerprint density at radius 2 is 0.918 bits per heavy atom. The Labute approximate surface area is 290 Å². The quantitative estimate of drug-likeness (QED) is 0.170. The van der Waals surface area contributed by atoms with Gasteiger partial charge in [-0.05, 0) is 70.9 Å². The van der Waals surface area contributed by atoms with Crippen LogP contribution in [0, 0.1) is 0 Å². The number of hydrogen-bond acceptors (Lipinski definition) is 3. The molecule has 0 amide bonds. The fourth-order valence-electron chi connectivity index (χ4n) is 7.06. The summed E-state index contributed by atoms with van der Waals surface area (Å²) < 4.78 is 2.52. The summed E-state index contributed by atoms with van der Waals surface area (Å²) in [5.74, 6) is 0. The van der Waals surface area contributed by atoms with Gasteiger partial charge in [0.25, 0.3) is 0 Å². The molecule has 0 aliphatic rings. The van der Waals surface area contributed by atoms with Crippen LogP contribution in [0.1, 0.15) is 0 Å². The van der Waals surface area contributed by atoms with E-state index in [0.717, 1.165) is 34.1 Å². The van der Waals surface area contributed by atoms with Gasteiger partial charge in [-0.15, -0.1) is 11.3 Å². The molecule has 0 saturated heterocycles. The molecule has 1 aromatic heterocycles. The summed E-state index contributed by atoms with van der Waals surface area (Å²) in [7, 11) is 0. The van der Waals surface area contributed by atoms with E-state index in [-0.39, 0.29) is 0 Å². The van der Waals surface area contributed by atoms with Gasteiger partial charge in [0, 0.05) is 38.1 Å². The molecule has 0 unspecified atom stereocenters. The number of rotatable bonds is 7. The summed E-state index contributed by atoms with van der Waals surface area (Å²) >= 11 is 1.88. The van der Waals surface area contributed by atoms with Crippen LogP contribution < -0.4 is 9.80 Å². The van der Waals surface area contributed by atoms with Gasteiger partial charge in [0.2, 0.25) is 0 Å². The standard InChI is InChI=1S/C46H32N2S/c1-5-17-33(18-6-1)38-26-15-16-28-41(38)48(37-24-11-4-12-25-37)45-42(47(35-20-7-2-8-21-35)36-22-9-3-10-23-36)31-30-40-44-39-27-14-13-19-34(39)29-32-43(44)49-46(40)45/h1-32H. The number of fused-ring (bicyclic) bond motifs is 5. The first-order chi connectivity index (χ1) is 24.3. The van der Waals surface area contributed by atoms with Crippen LogP contribution >= 0.6 is 11.3 Å². The minimum atomic E-state index is 1.10. The molecule has 1 heterocycles. The Morgan fingerprint density at radius 1 is 0.367 bits per heavy atom. The number of benzene rings is 8. The van der Waals surface area contributed by atoms with Crippen LogP contribution in [0.5, 0.6) is 0 Å². The highest BCUT2D eigenvalue weighted by Crippen LogP contribution is 2.54. The van der Waals surface area contributed by atoms with Gasteiger partial charge in [0.05, 0.1) is 21.8 Å². The van der Waals surface area contributed by atoms with E-state index < -0.39 is 0 Å². The monoisotopic (exact) mass is 644 g/mol. The third-order valence-corrected chi connectivity index (χ3v) is 10.4. The largest absolute Gasteiger partial charge is 0.308 e. The van der Waals surface area contributed by atoms with Crippen molar-refractivity contribution in [2.24, 2.45) is 0 Å². The van der Waals surface area contributed by atoms with Crippen LogP contribution in [0.15, 0.2) is 194 Å². The highest BCUT2D eigenvalue weighted by Gasteiger charge is 2.27. The highest BCUT2D eigenvalue weighted by atomic mass is 32.1. The maximum atomic E-state index is 2.48. The zero-order valence-electron chi connectivity index (χ0n) is 26.8. The highest BCUT2D eigenvalue weighted by molar-refractivity contribution is 7.26. The van der Waals surface area contributed by atoms with Gasteiger partial charge in [0.1, 0.15) is 0 Å². The van der Waals surface area contributed by atoms with Crippen molar-refractivity contribution < 1.29 is 0 Å². The molecule has 9 aromatic rings. The van der Waals surface area contributed by atoms with Gasteiger partial charge in [-0.2, -0.15) is 0 Å². The molecule has 2 nitrogen and oxygen atoms in total. The van der Waals surface area contributed by atoms with E-state index in [1.807, 2.05) is 11.3 Å². The number of nitrogens with zero attached hydrogens (tertiary/aromatic N) is 2. The van der Waals surface area contributed by atoms with E-state index in [0.29, 0.717) is 0 Å². The lowest BCUT2D eigenvalue weighted by molar-refractivity contribution is 1.24. The smallest absolute Gasteiger partial charge is 0.0883 e. The van der Waals surface area contributed by atoms with Crippen molar-refractivity contribution in [2.75, 3.05) is 9.80 Å². The third kappa shape index (κ3) is 5.12. The Balaban J connectivity index is 1.45. The lowest BCUT2D eigenvalue weighted by Crippen LogP contribution is -2.17. The minimum absolute atomic E-state index is 1.10. The zero-order chi connectivity index (χ0) is 32.6.